The van der Waals surface area contributed by atoms with Gasteiger partial charge in [-0.1, -0.05) is 12.1 Å². The summed E-state index contributed by atoms with van der Waals surface area (Å²) in [6.07, 6.45) is 0.295. The molecule has 1 aliphatic heterocycles. The van der Waals surface area contributed by atoms with Crippen LogP contribution in [0, 0.1) is 6.92 Å². The number of hydrogen-bond acceptors (Lipinski definition) is 4. The summed E-state index contributed by atoms with van der Waals surface area (Å²) in [6.45, 7) is 1.82. The molecule has 1 N–H and O–H groups in total. The number of ether oxygens (including phenoxy) is 2. The molecule has 0 unspecified atom stereocenters. The van der Waals surface area contributed by atoms with Gasteiger partial charge in [0.1, 0.15) is 5.69 Å². The number of nitrogens with one attached hydrogen (secondary N) is 1. The summed E-state index contributed by atoms with van der Waals surface area (Å²) < 4.78 is 37.4. The number of carbonyl (C=O) groups is 1. The van der Waals surface area contributed by atoms with Gasteiger partial charge < -0.3 is 14.8 Å². The maximum absolute atomic E-state index is 13.3. The predicted octanol–water partition coefficient (Wildman–Crippen LogP) is 4.85. The van der Waals surface area contributed by atoms with Crippen molar-refractivity contribution >= 4 is 11.6 Å². The number of aryl methyl sites for hydroxylation is 3. The smallest absolute Gasteiger partial charge is 0.395 e. The van der Waals surface area contributed by atoms with Gasteiger partial charge >= 0.3 is 6.29 Å². The zero-order valence-electron chi connectivity index (χ0n) is 17.2. The van der Waals surface area contributed by atoms with Crippen LogP contribution in [0.3, 0.4) is 0 Å². The zero-order chi connectivity index (χ0) is 21.8. The molecule has 0 atom stereocenters. The Labute approximate surface area is 177 Å². The van der Waals surface area contributed by atoms with Gasteiger partial charge in [-0.05, 0) is 73.6 Å². The van der Waals surface area contributed by atoms with Crippen molar-refractivity contribution in [3.63, 3.8) is 0 Å². The summed E-state index contributed by atoms with van der Waals surface area (Å²) in [5, 5.41) is 7.43. The predicted molar refractivity (Wildman–Crippen MR) is 111 cm³/mol. The van der Waals surface area contributed by atoms with Crippen molar-refractivity contribution in [2.45, 2.75) is 38.9 Å². The van der Waals surface area contributed by atoms with Crippen LogP contribution in [-0.4, -0.2) is 22.0 Å². The summed E-state index contributed by atoms with van der Waals surface area (Å²) in [5.41, 5.74) is 5.64. The van der Waals surface area contributed by atoms with Crippen LogP contribution in [0.5, 0.6) is 11.5 Å². The lowest BCUT2D eigenvalue weighted by Gasteiger charge is -2.12. The Morgan fingerprint density at radius 2 is 1.77 bits per heavy atom. The molecule has 0 saturated heterocycles. The van der Waals surface area contributed by atoms with E-state index < -0.39 is 6.29 Å². The number of amides is 1. The summed E-state index contributed by atoms with van der Waals surface area (Å²) in [7, 11) is 1.79. The van der Waals surface area contributed by atoms with Gasteiger partial charge in [0.25, 0.3) is 5.91 Å². The van der Waals surface area contributed by atoms with Crippen LogP contribution in [0.1, 0.15) is 40.2 Å². The second-order valence-corrected chi connectivity index (χ2v) is 7.92. The molecule has 2 aliphatic rings. The average Bonchev–Trinajstić information content (AvgIpc) is 3.21. The molecule has 0 fully saturated rings. The molecule has 31 heavy (non-hydrogen) atoms. The number of fused-ring (bicyclic) bond motifs is 2. The van der Waals surface area contributed by atoms with Gasteiger partial charge in [-0.2, -0.15) is 5.10 Å². The molecule has 1 aromatic heterocycles. The number of carbonyl (C=O) groups excluding carboxylic acids is 1. The molecule has 2 aromatic carbocycles. The zero-order valence-corrected chi connectivity index (χ0v) is 17.2. The number of hydrogen-bond donors (Lipinski definition) is 1. The number of rotatable bonds is 3. The van der Waals surface area contributed by atoms with Gasteiger partial charge in [0, 0.05) is 18.3 Å². The molecule has 2 heterocycles. The summed E-state index contributed by atoms with van der Waals surface area (Å²) >= 11 is 0. The topological polar surface area (TPSA) is 65.4 Å². The first kappa shape index (κ1) is 19.5. The molecule has 0 saturated carbocycles. The third-order valence-corrected chi connectivity index (χ3v) is 5.74. The maximum Gasteiger partial charge on any atom is 0.586 e. The Balaban J connectivity index is 1.37. The standard InChI is InChI=1S/C23H21F2N3O3/c1-13-11-19-20(31-23(24,25)30-19)12-17(13)14-7-9-15(10-8-14)26-22(29)21-16-5-3-4-6-18(16)27-28(21)2/h7-12H,3-6H2,1-2H3,(H,26,29). The highest BCUT2D eigenvalue weighted by atomic mass is 19.3. The van der Waals surface area contributed by atoms with Crippen molar-refractivity contribution in [3.05, 3.63) is 58.9 Å². The van der Waals surface area contributed by atoms with Crippen molar-refractivity contribution < 1.29 is 23.0 Å². The monoisotopic (exact) mass is 425 g/mol. The average molecular weight is 425 g/mol. The molecule has 0 spiro atoms. The van der Waals surface area contributed by atoms with Crippen LogP contribution >= 0.6 is 0 Å². The first-order valence-corrected chi connectivity index (χ1v) is 10.2. The van der Waals surface area contributed by atoms with E-state index in [-0.39, 0.29) is 17.4 Å². The molecular formula is C23H21F2N3O3. The Morgan fingerprint density at radius 1 is 1.10 bits per heavy atom. The molecule has 8 heteroatoms. The minimum atomic E-state index is -3.65. The van der Waals surface area contributed by atoms with Crippen LogP contribution in [0.15, 0.2) is 36.4 Å². The fourth-order valence-corrected chi connectivity index (χ4v) is 4.30. The van der Waals surface area contributed by atoms with Gasteiger partial charge in [0.2, 0.25) is 0 Å². The van der Waals surface area contributed by atoms with Crippen molar-refractivity contribution in [2.75, 3.05) is 5.32 Å². The molecular weight excluding hydrogens is 404 g/mol. The highest BCUT2D eigenvalue weighted by Crippen LogP contribution is 2.44. The van der Waals surface area contributed by atoms with E-state index in [1.807, 2.05) is 19.1 Å². The van der Waals surface area contributed by atoms with E-state index in [9.17, 15) is 13.6 Å². The number of benzene rings is 2. The number of halogens is 2. The third kappa shape index (κ3) is 3.52. The fourth-order valence-electron chi connectivity index (χ4n) is 4.30. The second-order valence-electron chi connectivity index (χ2n) is 7.92. The van der Waals surface area contributed by atoms with Crippen molar-refractivity contribution in [1.82, 2.24) is 9.78 Å². The highest BCUT2D eigenvalue weighted by Gasteiger charge is 2.43. The van der Waals surface area contributed by atoms with Gasteiger partial charge in [-0.25, -0.2) is 0 Å². The van der Waals surface area contributed by atoms with Crippen molar-refractivity contribution in [1.29, 1.82) is 0 Å². The first-order chi connectivity index (χ1) is 14.8. The largest absolute Gasteiger partial charge is 0.586 e. The second kappa shape index (κ2) is 7.08. The molecule has 1 amide bonds. The van der Waals surface area contributed by atoms with E-state index in [0.29, 0.717) is 11.4 Å². The number of nitrogens with zero attached hydrogens (tertiary/aromatic N) is 2. The normalized spacial score (nSPS) is 16.1. The molecule has 5 rings (SSSR count). The quantitative estimate of drug-likeness (QED) is 0.652. The Hall–Kier alpha value is -3.42. The molecule has 0 bridgehead atoms. The molecule has 0 radical (unpaired) electrons. The van der Waals surface area contributed by atoms with Crippen molar-refractivity contribution in [2.24, 2.45) is 7.05 Å². The molecule has 3 aromatic rings. The fraction of sp³-hybridized carbons (Fsp3) is 0.304. The number of aromatic nitrogens is 2. The van der Waals surface area contributed by atoms with Gasteiger partial charge in [0.05, 0.1) is 5.69 Å². The Bertz CT molecular complexity index is 1190. The lowest BCUT2D eigenvalue weighted by molar-refractivity contribution is -0.286. The van der Waals surface area contributed by atoms with E-state index in [0.717, 1.165) is 53.6 Å². The lowest BCUT2D eigenvalue weighted by Crippen LogP contribution is -2.25. The van der Waals surface area contributed by atoms with E-state index in [2.05, 4.69) is 19.9 Å². The molecule has 6 nitrogen and oxygen atoms in total. The van der Waals surface area contributed by atoms with Gasteiger partial charge in [-0.15, -0.1) is 8.78 Å². The van der Waals surface area contributed by atoms with Crippen LogP contribution in [-0.2, 0) is 19.9 Å². The number of anilines is 1. The summed E-state index contributed by atoms with van der Waals surface area (Å²) in [4.78, 5) is 12.9. The van der Waals surface area contributed by atoms with Crippen LogP contribution < -0.4 is 14.8 Å². The van der Waals surface area contributed by atoms with E-state index in [1.165, 1.54) is 6.07 Å². The highest BCUT2D eigenvalue weighted by molar-refractivity contribution is 6.04. The minimum absolute atomic E-state index is 0.00367. The molecule has 1 aliphatic carbocycles. The van der Waals surface area contributed by atoms with Crippen LogP contribution in [0.4, 0.5) is 14.5 Å². The Kier molecular flexibility index (Phi) is 4.46. The SMILES string of the molecule is Cc1cc2c(cc1-c1ccc(NC(=O)c3c4c(nn3C)CCCC4)cc1)OC(F)(F)O2. The van der Waals surface area contributed by atoms with E-state index in [1.54, 1.807) is 29.9 Å². The van der Waals surface area contributed by atoms with E-state index in [4.69, 9.17) is 0 Å². The van der Waals surface area contributed by atoms with Crippen LogP contribution in [0.2, 0.25) is 0 Å². The number of alkyl halides is 2. The summed E-state index contributed by atoms with van der Waals surface area (Å²) in [6, 6.07) is 10.3. The first-order valence-electron chi connectivity index (χ1n) is 10.2. The van der Waals surface area contributed by atoms with Gasteiger partial charge in [0.15, 0.2) is 11.5 Å². The van der Waals surface area contributed by atoms with Gasteiger partial charge in [-0.3, -0.25) is 9.48 Å². The van der Waals surface area contributed by atoms with E-state index >= 15 is 0 Å². The minimum Gasteiger partial charge on any atom is -0.395 e. The Morgan fingerprint density at radius 3 is 2.52 bits per heavy atom. The lowest BCUT2D eigenvalue weighted by atomic mass is 9.95. The summed E-state index contributed by atoms with van der Waals surface area (Å²) in [5.74, 6) is -0.161. The maximum atomic E-state index is 13.3. The van der Waals surface area contributed by atoms with Crippen molar-refractivity contribution in [3.8, 4) is 22.6 Å². The third-order valence-electron chi connectivity index (χ3n) is 5.74. The molecule has 160 valence electrons. The van der Waals surface area contributed by atoms with Crippen LogP contribution in [0.25, 0.3) is 11.1 Å².